The highest BCUT2D eigenvalue weighted by molar-refractivity contribution is 5.79. The summed E-state index contributed by atoms with van der Waals surface area (Å²) in [6.07, 6.45) is 5.84. The van der Waals surface area contributed by atoms with E-state index in [1.165, 1.54) is 0 Å². The van der Waals surface area contributed by atoms with Crippen LogP contribution in [-0.4, -0.2) is 65.1 Å². The normalized spacial score (nSPS) is 42.6. The molecule has 170 valence electrons. The van der Waals surface area contributed by atoms with E-state index in [4.69, 9.17) is 18.9 Å². The standard InChI is InChI=1S/C22H34O8/c1-2-3-4-11-22(26)18-20(25)27-13-21(18)19(30-22)16(12-28-21)29-17(24)10-7-14-5-8-15(23)9-6-14/h14-16,18-19,23,26H,2-13H2,1H3/t14?,15?,16-,18+,19+,21+,22-/m1/s1. The molecule has 8 heteroatoms. The maximum atomic E-state index is 12.5. The molecule has 0 aromatic heterocycles. The first kappa shape index (κ1) is 22.0. The highest BCUT2D eigenvalue weighted by atomic mass is 16.7. The Morgan fingerprint density at radius 2 is 2.00 bits per heavy atom. The van der Waals surface area contributed by atoms with E-state index >= 15 is 0 Å². The van der Waals surface area contributed by atoms with Gasteiger partial charge in [0.1, 0.15) is 18.6 Å². The molecule has 0 amide bonds. The van der Waals surface area contributed by atoms with Crippen molar-refractivity contribution in [3.05, 3.63) is 0 Å². The van der Waals surface area contributed by atoms with Crippen LogP contribution in [0.25, 0.3) is 0 Å². The molecule has 0 aromatic rings. The van der Waals surface area contributed by atoms with Crippen LogP contribution in [0.5, 0.6) is 0 Å². The summed E-state index contributed by atoms with van der Waals surface area (Å²) in [5.74, 6) is -2.96. The molecule has 5 atom stereocenters. The zero-order valence-corrected chi connectivity index (χ0v) is 17.7. The third kappa shape index (κ3) is 3.99. The lowest BCUT2D eigenvalue weighted by Gasteiger charge is -2.29. The second-order valence-corrected chi connectivity index (χ2v) is 9.39. The van der Waals surface area contributed by atoms with Crippen LogP contribution < -0.4 is 0 Å². The fraction of sp³-hybridized carbons (Fsp3) is 0.909. The Bertz CT molecular complexity index is 645. The van der Waals surface area contributed by atoms with E-state index in [1.54, 1.807) is 0 Å². The minimum atomic E-state index is -1.65. The number of carbonyl (C=O) groups is 2. The number of cyclic esters (lactones) is 1. The number of hydrogen-bond donors (Lipinski definition) is 2. The van der Waals surface area contributed by atoms with Gasteiger partial charge in [-0.15, -0.1) is 0 Å². The van der Waals surface area contributed by atoms with Gasteiger partial charge in [0.05, 0.1) is 12.7 Å². The van der Waals surface area contributed by atoms with Gasteiger partial charge in [0.25, 0.3) is 0 Å². The minimum absolute atomic E-state index is 0.00963. The smallest absolute Gasteiger partial charge is 0.317 e. The molecule has 1 spiro atoms. The van der Waals surface area contributed by atoms with Crippen LogP contribution in [0.2, 0.25) is 0 Å². The zero-order valence-electron chi connectivity index (χ0n) is 17.7. The van der Waals surface area contributed by atoms with Crippen molar-refractivity contribution in [2.24, 2.45) is 11.8 Å². The lowest BCUT2D eigenvalue weighted by molar-refractivity contribution is -0.234. The summed E-state index contributed by atoms with van der Waals surface area (Å²) in [5, 5.41) is 20.8. The van der Waals surface area contributed by atoms with Crippen molar-refractivity contribution in [3.63, 3.8) is 0 Å². The number of aliphatic hydroxyl groups is 2. The Hall–Kier alpha value is -1.22. The molecular formula is C22H34O8. The first-order valence-electron chi connectivity index (χ1n) is 11.5. The van der Waals surface area contributed by atoms with Gasteiger partial charge in [0.15, 0.2) is 17.5 Å². The Labute approximate surface area is 177 Å². The summed E-state index contributed by atoms with van der Waals surface area (Å²) >= 11 is 0. The first-order chi connectivity index (χ1) is 14.4. The molecule has 0 radical (unpaired) electrons. The average molecular weight is 427 g/mol. The van der Waals surface area contributed by atoms with E-state index < -0.39 is 35.5 Å². The Morgan fingerprint density at radius 1 is 1.23 bits per heavy atom. The summed E-state index contributed by atoms with van der Waals surface area (Å²) in [5.41, 5.74) is -1.08. The SMILES string of the molecule is CCCCC[C@@]1(O)O[C@H]2[C@H](OC(=O)CCC3CCC(O)CC3)CO[C@]23COC(=O)[C@@H]31. The molecule has 0 bridgehead atoms. The number of aliphatic hydroxyl groups excluding tert-OH is 1. The minimum Gasteiger partial charge on any atom is -0.462 e. The molecule has 1 saturated carbocycles. The van der Waals surface area contributed by atoms with Crippen LogP contribution in [0.3, 0.4) is 0 Å². The van der Waals surface area contributed by atoms with Crippen LogP contribution in [-0.2, 0) is 28.5 Å². The zero-order chi connectivity index (χ0) is 21.4. The molecule has 0 unspecified atom stereocenters. The molecule has 4 rings (SSSR count). The van der Waals surface area contributed by atoms with Crippen LogP contribution in [0, 0.1) is 11.8 Å². The average Bonchev–Trinajstić information content (AvgIpc) is 3.31. The molecule has 3 saturated heterocycles. The lowest BCUT2D eigenvalue weighted by Crippen LogP contribution is -2.47. The number of hydrogen-bond acceptors (Lipinski definition) is 8. The third-order valence-corrected chi connectivity index (χ3v) is 7.28. The van der Waals surface area contributed by atoms with E-state index in [1.807, 2.05) is 0 Å². The second kappa shape index (κ2) is 8.73. The molecule has 1 aliphatic carbocycles. The summed E-state index contributed by atoms with van der Waals surface area (Å²) in [6.45, 7) is 2.20. The van der Waals surface area contributed by atoms with Gasteiger partial charge in [-0.05, 0) is 44.4 Å². The van der Waals surface area contributed by atoms with Gasteiger partial charge in [0.2, 0.25) is 0 Å². The Balaban J connectivity index is 1.36. The van der Waals surface area contributed by atoms with Gasteiger partial charge in [-0.25, -0.2) is 0 Å². The molecule has 3 heterocycles. The van der Waals surface area contributed by atoms with Gasteiger partial charge in [-0.3, -0.25) is 9.59 Å². The summed E-state index contributed by atoms with van der Waals surface area (Å²) in [6, 6.07) is 0. The van der Waals surface area contributed by atoms with E-state index in [9.17, 15) is 19.8 Å². The molecule has 4 fully saturated rings. The fourth-order valence-corrected chi connectivity index (χ4v) is 5.58. The predicted octanol–water partition coefficient (Wildman–Crippen LogP) is 1.84. The third-order valence-electron chi connectivity index (χ3n) is 7.28. The number of carbonyl (C=O) groups excluding carboxylic acids is 2. The van der Waals surface area contributed by atoms with Crippen molar-refractivity contribution in [3.8, 4) is 0 Å². The number of rotatable bonds is 8. The molecule has 3 aliphatic heterocycles. The molecule has 30 heavy (non-hydrogen) atoms. The summed E-state index contributed by atoms with van der Waals surface area (Å²) in [7, 11) is 0. The van der Waals surface area contributed by atoms with Gasteiger partial charge >= 0.3 is 11.9 Å². The lowest BCUT2D eigenvalue weighted by atomic mass is 9.81. The van der Waals surface area contributed by atoms with Gasteiger partial charge in [-0.2, -0.15) is 0 Å². The van der Waals surface area contributed by atoms with E-state index in [0.717, 1.165) is 51.4 Å². The highest BCUT2D eigenvalue weighted by Gasteiger charge is 2.75. The maximum absolute atomic E-state index is 12.5. The van der Waals surface area contributed by atoms with Crippen LogP contribution in [0.1, 0.15) is 71.1 Å². The largest absolute Gasteiger partial charge is 0.462 e. The Morgan fingerprint density at radius 3 is 2.73 bits per heavy atom. The molecule has 8 nitrogen and oxygen atoms in total. The van der Waals surface area contributed by atoms with E-state index in [0.29, 0.717) is 18.8 Å². The van der Waals surface area contributed by atoms with Crippen LogP contribution in [0.4, 0.5) is 0 Å². The first-order valence-corrected chi connectivity index (χ1v) is 11.5. The van der Waals surface area contributed by atoms with Gasteiger partial charge in [-0.1, -0.05) is 19.8 Å². The van der Waals surface area contributed by atoms with Gasteiger partial charge in [0, 0.05) is 12.8 Å². The van der Waals surface area contributed by atoms with Crippen molar-refractivity contribution >= 4 is 11.9 Å². The topological polar surface area (TPSA) is 112 Å². The summed E-state index contributed by atoms with van der Waals surface area (Å²) < 4.78 is 22.9. The highest BCUT2D eigenvalue weighted by Crippen LogP contribution is 2.54. The second-order valence-electron chi connectivity index (χ2n) is 9.39. The quantitative estimate of drug-likeness (QED) is 0.447. The van der Waals surface area contributed by atoms with E-state index in [-0.39, 0.29) is 25.3 Å². The molecule has 4 aliphatic rings. The van der Waals surface area contributed by atoms with Crippen molar-refractivity contribution in [1.29, 1.82) is 0 Å². The summed E-state index contributed by atoms with van der Waals surface area (Å²) in [4.78, 5) is 24.9. The van der Waals surface area contributed by atoms with Crippen LogP contribution in [0.15, 0.2) is 0 Å². The molecular weight excluding hydrogens is 392 g/mol. The number of ether oxygens (including phenoxy) is 4. The molecule has 2 N–H and O–H groups in total. The van der Waals surface area contributed by atoms with Crippen molar-refractivity contribution < 1.29 is 38.7 Å². The van der Waals surface area contributed by atoms with Crippen molar-refractivity contribution in [1.82, 2.24) is 0 Å². The van der Waals surface area contributed by atoms with Gasteiger partial charge < -0.3 is 29.2 Å². The predicted molar refractivity (Wildman–Crippen MR) is 104 cm³/mol. The Kier molecular flexibility index (Phi) is 6.40. The van der Waals surface area contributed by atoms with E-state index in [2.05, 4.69) is 6.92 Å². The monoisotopic (exact) mass is 426 g/mol. The fourth-order valence-electron chi connectivity index (χ4n) is 5.58. The number of unbranched alkanes of at least 4 members (excludes halogenated alkanes) is 2. The van der Waals surface area contributed by atoms with Crippen molar-refractivity contribution in [2.45, 2.75) is 101 Å². The molecule has 0 aromatic carbocycles. The van der Waals surface area contributed by atoms with Crippen molar-refractivity contribution in [2.75, 3.05) is 13.2 Å². The number of esters is 2. The maximum Gasteiger partial charge on any atom is 0.317 e. The van der Waals surface area contributed by atoms with Crippen LogP contribution >= 0.6 is 0 Å².